The van der Waals surface area contributed by atoms with E-state index >= 15 is 0 Å². The molecule has 0 aliphatic heterocycles. The van der Waals surface area contributed by atoms with Crippen molar-refractivity contribution in [1.29, 1.82) is 0 Å². The molecule has 3 nitrogen and oxygen atoms in total. The molecule has 4 heteroatoms. The molecule has 0 amide bonds. The number of ether oxygens (including phenoxy) is 1. The minimum absolute atomic E-state index is 0.210. The molecule has 0 radical (unpaired) electrons. The van der Waals surface area contributed by atoms with Gasteiger partial charge in [-0.25, -0.2) is 4.79 Å². The van der Waals surface area contributed by atoms with Crippen LogP contribution in [-0.4, -0.2) is 13.1 Å². The summed E-state index contributed by atoms with van der Waals surface area (Å²) in [6, 6.07) is 7.04. The molecule has 0 spiro atoms. The van der Waals surface area contributed by atoms with E-state index in [1.165, 1.54) is 7.11 Å². The van der Waals surface area contributed by atoms with Crippen LogP contribution in [0.1, 0.15) is 10.6 Å². The molecule has 0 aliphatic rings. The van der Waals surface area contributed by atoms with Crippen molar-refractivity contribution in [3.63, 3.8) is 0 Å². The lowest BCUT2D eigenvalue weighted by atomic mass is 10.2. The van der Waals surface area contributed by atoms with E-state index in [4.69, 9.17) is 4.42 Å². The molecular weight excluding hydrogens is 200 g/mol. The van der Waals surface area contributed by atoms with Gasteiger partial charge in [0.15, 0.2) is 0 Å². The van der Waals surface area contributed by atoms with E-state index < -0.39 is 5.97 Å². The maximum absolute atomic E-state index is 11.1. The molecule has 1 aromatic carbocycles. The van der Waals surface area contributed by atoms with Crippen molar-refractivity contribution in [2.45, 2.75) is 4.90 Å². The Bertz CT molecular complexity index is 487. The van der Waals surface area contributed by atoms with Crippen LogP contribution in [0.3, 0.4) is 0 Å². The number of methoxy groups -OCH3 is 1. The van der Waals surface area contributed by atoms with Gasteiger partial charge in [-0.1, -0.05) is 0 Å². The summed E-state index contributed by atoms with van der Waals surface area (Å²) in [6.45, 7) is 0. The maximum Gasteiger partial charge on any atom is 0.373 e. The number of hydrogen-bond acceptors (Lipinski definition) is 4. The van der Waals surface area contributed by atoms with Gasteiger partial charge in [0.2, 0.25) is 5.76 Å². The molecule has 2 aromatic rings. The number of carbonyl (C=O) groups is 1. The number of benzene rings is 1. The zero-order chi connectivity index (χ0) is 10.1. The van der Waals surface area contributed by atoms with Crippen LogP contribution >= 0.6 is 12.6 Å². The molecule has 0 atom stereocenters. The van der Waals surface area contributed by atoms with Crippen molar-refractivity contribution in [2.75, 3.05) is 7.11 Å². The number of fused-ring (bicyclic) bond motifs is 1. The summed E-state index contributed by atoms with van der Waals surface area (Å²) < 4.78 is 9.81. The molecule has 1 aromatic heterocycles. The van der Waals surface area contributed by atoms with Gasteiger partial charge in [-0.05, 0) is 24.3 Å². The van der Waals surface area contributed by atoms with E-state index in [0.29, 0.717) is 5.58 Å². The van der Waals surface area contributed by atoms with Gasteiger partial charge in [-0.3, -0.25) is 0 Å². The van der Waals surface area contributed by atoms with Gasteiger partial charge >= 0.3 is 5.97 Å². The minimum atomic E-state index is -0.470. The van der Waals surface area contributed by atoms with Crippen LogP contribution < -0.4 is 0 Å². The van der Waals surface area contributed by atoms with E-state index in [1.807, 2.05) is 6.07 Å². The van der Waals surface area contributed by atoms with Crippen LogP contribution in [-0.2, 0) is 4.74 Å². The van der Waals surface area contributed by atoms with E-state index in [0.717, 1.165) is 10.3 Å². The van der Waals surface area contributed by atoms with E-state index in [2.05, 4.69) is 17.4 Å². The largest absolute Gasteiger partial charge is 0.463 e. The standard InChI is InChI=1S/C10H8O3S/c1-12-10(11)9-5-6-4-7(14)2-3-8(6)13-9/h2-5,14H,1H3. The number of hydrogen-bond donors (Lipinski definition) is 1. The molecule has 0 unspecified atom stereocenters. The molecule has 0 saturated carbocycles. The lowest BCUT2D eigenvalue weighted by Gasteiger charge is -1.90. The Labute approximate surface area is 86.1 Å². The first kappa shape index (κ1) is 9.15. The van der Waals surface area contributed by atoms with Crippen molar-refractivity contribution in [2.24, 2.45) is 0 Å². The predicted octanol–water partition coefficient (Wildman–Crippen LogP) is 2.51. The molecule has 0 bridgehead atoms. The molecule has 0 fully saturated rings. The highest BCUT2D eigenvalue weighted by Crippen LogP contribution is 2.22. The Hall–Kier alpha value is -1.42. The molecule has 2 rings (SSSR count). The van der Waals surface area contributed by atoms with Gasteiger partial charge < -0.3 is 9.15 Å². The number of esters is 1. The van der Waals surface area contributed by atoms with Gasteiger partial charge in [-0.15, -0.1) is 12.6 Å². The second kappa shape index (κ2) is 3.38. The van der Waals surface area contributed by atoms with Crippen LogP contribution in [0.4, 0.5) is 0 Å². The second-order valence-electron chi connectivity index (χ2n) is 2.82. The Morgan fingerprint density at radius 3 is 2.93 bits per heavy atom. The van der Waals surface area contributed by atoms with Crippen molar-refractivity contribution in [3.05, 3.63) is 30.0 Å². The van der Waals surface area contributed by atoms with E-state index in [1.54, 1.807) is 18.2 Å². The van der Waals surface area contributed by atoms with Crippen molar-refractivity contribution >= 4 is 29.6 Å². The Morgan fingerprint density at radius 2 is 2.21 bits per heavy atom. The quantitative estimate of drug-likeness (QED) is 0.578. The summed E-state index contributed by atoms with van der Waals surface area (Å²) in [5, 5.41) is 0.845. The summed E-state index contributed by atoms with van der Waals surface area (Å²) in [7, 11) is 1.32. The zero-order valence-electron chi connectivity index (χ0n) is 7.48. The SMILES string of the molecule is COC(=O)c1cc2cc(S)ccc2o1. The van der Waals surface area contributed by atoms with Gasteiger partial charge in [0, 0.05) is 10.3 Å². The van der Waals surface area contributed by atoms with Crippen LogP contribution in [0.5, 0.6) is 0 Å². The van der Waals surface area contributed by atoms with Crippen LogP contribution in [0, 0.1) is 0 Å². The topological polar surface area (TPSA) is 39.4 Å². The first-order valence-electron chi connectivity index (χ1n) is 4.01. The maximum atomic E-state index is 11.1. The number of rotatable bonds is 1. The predicted molar refractivity (Wildman–Crippen MR) is 54.8 cm³/mol. The van der Waals surface area contributed by atoms with Gasteiger partial charge in [0.25, 0.3) is 0 Å². The number of furan rings is 1. The average Bonchev–Trinajstić information content (AvgIpc) is 2.59. The summed E-state index contributed by atoms with van der Waals surface area (Å²) in [5.41, 5.74) is 0.656. The molecule has 14 heavy (non-hydrogen) atoms. The van der Waals surface area contributed by atoms with Crippen molar-refractivity contribution in [3.8, 4) is 0 Å². The van der Waals surface area contributed by atoms with Crippen LogP contribution in [0.15, 0.2) is 33.6 Å². The average molecular weight is 208 g/mol. The van der Waals surface area contributed by atoms with E-state index in [-0.39, 0.29) is 5.76 Å². The monoisotopic (exact) mass is 208 g/mol. The Kier molecular flexibility index (Phi) is 2.21. The normalized spacial score (nSPS) is 10.4. The fourth-order valence-electron chi connectivity index (χ4n) is 1.23. The fourth-order valence-corrected chi connectivity index (χ4v) is 1.45. The first-order valence-corrected chi connectivity index (χ1v) is 4.46. The van der Waals surface area contributed by atoms with Crippen molar-refractivity contribution in [1.82, 2.24) is 0 Å². The zero-order valence-corrected chi connectivity index (χ0v) is 8.38. The highest BCUT2D eigenvalue weighted by Gasteiger charge is 2.11. The molecule has 0 aliphatic carbocycles. The molecule has 72 valence electrons. The third-order valence-corrected chi connectivity index (χ3v) is 2.16. The van der Waals surface area contributed by atoms with Crippen LogP contribution in [0.2, 0.25) is 0 Å². The van der Waals surface area contributed by atoms with Crippen LogP contribution in [0.25, 0.3) is 11.0 Å². The highest BCUT2D eigenvalue weighted by molar-refractivity contribution is 7.80. The summed E-state index contributed by atoms with van der Waals surface area (Å²) in [6.07, 6.45) is 0. The highest BCUT2D eigenvalue weighted by atomic mass is 32.1. The van der Waals surface area contributed by atoms with Crippen molar-refractivity contribution < 1.29 is 13.9 Å². The number of carbonyl (C=O) groups excluding carboxylic acids is 1. The third kappa shape index (κ3) is 1.48. The lowest BCUT2D eigenvalue weighted by molar-refractivity contribution is 0.0567. The first-order chi connectivity index (χ1) is 6.70. The minimum Gasteiger partial charge on any atom is -0.463 e. The van der Waals surface area contributed by atoms with Gasteiger partial charge in [0.1, 0.15) is 5.58 Å². The fraction of sp³-hybridized carbons (Fsp3) is 0.100. The third-order valence-electron chi connectivity index (χ3n) is 1.89. The van der Waals surface area contributed by atoms with Gasteiger partial charge in [-0.2, -0.15) is 0 Å². The summed E-state index contributed by atoms with van der Waals surface area (Å²) >= 11 is 4.19. The van der Waals surface area contributed by atoms with Gasteiger partial charge in [0.05, 0.1) is 7.11 Å². The second-order valence-corrected chi connectivity index (χ2v) is 3.34. The molecular formula is C10H8O3S. The Morgan fingerprint density at radius 1 is 1.43 bits per heavy atom. The smallest absolute Gasteiger partial charge is 0.373 e. The summed E-state index contributed by atoms with van der Waals surface area (Å²) in [5.74, 6) is -0.261. The Balaban J connectivity index is 2.56. The molecule has 0 N–H and O–H groups in total. The number of thiol groups is 1. The summed E-state index contributed by atoms with van der Waals surface area (Å²) in [4.78, 5) is 12.0. The molecule has 1 heterocycles. The van der Waals surface area contributed by atoms with E-state index in [9.17, 15) is 4.79 Å². The lowest BCUT2D eigenvalue weighted by Crippen LogP contribution is -1.97. The molecule has 0 saturated heterocycles.